The third-order valence-electron chi connectivity index (χ3n) is 6.83. The van der Waals surface area contributed by atoms with Crippen LogP contribution in [0.2, 0.25) is 0 Å². The largest absolute Gasteiger partial charge is 0.0984 e. The lowest BCUT2D eigenvalue weighted by atomic mass is 9.86. The third-order valence-corrected chi connectivity index (χ3v) is 6.83. The normalized spacial score (nSPS) is 14.1. The van der Waals surface area contributed by atoms with E-state index in [0.29, 0.717) is 0 Å². The van der Waals surface area contributed by atoms with E-state index in [9.17, 15) is 0 Å². The standard InChI is InChI=1S/C35H30/c1-4-27-13-9-11-17-33(27)35(29-14-6-5-7-15-29)30-22-20-28(21-23-30)31-19-18-26(3)34(24-31)32-16-10-8-12-25(32)2/h4-14,16-24H,1,15H2,2-3H3/b35-29-. The van der Waals surface area contributed by atoms with Crippen molar-refractivity contribution >= 4 is 11.6 Å². The topological polar surface area (TPSA) is 0 Å². The minimum absolute atomic E-state index is 0.927. The van der Waals surface area contributed by atoms with Gasteiger partial charge in [-0.3, -0.25) is 0 Å². The van der Waals surface area contributed by atoms with Crippen LogP contribution in [0, 0.1) is 13.8 Å². The molecule has 0 nitrogen and oxygen atoms in total. The number of aryl methyl sites for hydroxylation is 2. The van der Waals surface area contributed by atoms with Gasteiger partial charge in [0.05, 0.1) is 0 Å². The summed E-state index contributed by atoms with van der Waals surface area (Å²) in [6, 6.07) is 33.0. The lowest BCUT2D eigenvalue weighted by Crippen LogP contribution is -1.97. The molecule has 0 spiro atoms. The molecule has 0 saturated heterocycles. The average Bonchev–Trinajstić information content (AvgIpc) is 2.91. The molecule has 1 aliphatic carbocycles. The van der Waals surface area contributed by atoms with Crippen LogP contribution in [-0.2, 0) is 0 Å². The van der Waals surface area contributed by atoms with Gasteiger partial charge >= 0.3 is 0 Å². The van der Waals surface area contributed by atoms with Gasteiger partial charge in [-0.05, 0) is 87.6 Å². The molecule has 0 heteroatoms. The van der Waals surface area contributed by atoms with Crippen LogP contribution in [0.1, 0.15) is 34.2 Å². The Balaban J connectivity index is 1.58. The second-order valence-corrected chi connectivity index (χ2v) is 9.10. The highest BCUT2D eigenvalue weighted by molar-refractivity contribution is 5.88. The average molecular weight is 451 g/mol. The smallest absolute Gasteiger partial charge is 0.00702 e. The number of hydrogen-bond donors (Lipinski definition) is 0. The summed E-state index contributed by atoms with van der Waals surface area (Å²) in [7, 11) is 0. The van der Waals surface area contributed by atoms with Crippen molar-refractivity contribution in [2.75, 3.05) is 0 Å². The van der Waals surface area contributed by atoms with Crippen molar-refractivity contribution in [3.05, 3.63) is 155 Å². The van der Waals surface area contributed by atoms with Crippen molar-refractivity contribution in [3.8, 4) is 22.3 Å². The molecule has 0 radical (unpaired) electrons. The van der Waals surface area contributed by atoms with Gasteiger partial charge in [0.1, 0.15) is 0 Å². The summed E-state index contributed by atoms with van der Waals surface area (Å²) in [6.45, 7) is 8.43. The lowest BCUT2D eigenvalue weighted by Gasteiger charge is -2.17. The third kappa shape index (κ3) is 4.61. The van der Waals surface area contributed by atoms with Gasteiger partial charge in [0.15, 0.2) is 0 Å². The summed E-state index contributed by atoms with van der Waals surface area (Å²) >= 11 is 0. The highest BCUT2D eigenvalue weighted by Crippen LogP contribution is 2.35. The van der Waals surface area contributed by atoms with Crippen molar-refractivity contribution in [3.63, 3.8) is 0 Å². The first-order valence-electron chi connectivity index (χ1n) is 12.2. The van der Waals surface area contributed by atoms with Crippen molar-refractivity contribution in [2.24, 2.45) is 0 Å². The Kier molecular flexibility index (Phi) is 6.46. The predicted octanol–water partition coefficient (Wildman–Crippen LogP) is 9.60. The molecule has 4 aromatic rings. The maximum Gasteiger partial charge on any atom is -0.00702 e. The van der Waals surface area contributed by atoms with Crippen molar-refractivity contribution < 1.29 is 0 Å². The van der Waals surface area contributed by atoms with Gasteiger partial charge in [0.25, 0.3) is 0 Å². The van der Waals surface area contributed by atoms with Crippen LogP contribution in [-0.4, -0.2) is 0 Å². The van der Waals surface area contributed by atoms with E-state index < -0.39 is 0 Å². The van der Waals surface area contributed by atoms with Gasteiger partial charge in [-0.25, -0.2) is 0 Å². The molecule has 0 heterocycles. The van der Waals surface area contributed by atoms with Gasteiger partial charge in [-0.15, -0.1) is 0 Å². The summed E-state index contributed by atoms with van der Waals surface area (Å²) in [6.07, 6.45) is 11.6. The molecular weight excluding hydrogens is 420 g/mol. The van der Waals surface area contributed by atoms with Crippen LogP contribution in [0.4, 0.5) is 0 Å². The Bertz CT molecular complexity index is 1470. The molecule has 0 unspecified atom stereocenters. The number of benzene rings is 4. The molecule has 0 amide bonds. The molecule has 0 saturated carbocycles. The fourth-order valence-electron chi connectivity index (χ4n) is 4.91. The van der Waals surface area contributed by atoms with Gasteiger partial charge in [0, 0.05) is 0 Å². The summed E-state index contributed by atoms with van der Waals surface area (Å²) in [4.78, 5) is 0. The van der Waals surface area contributed by atoms with E-state index >= 15 is 0 Å². The summed E-state index contributed by atoms with van der Waals surface area (Å²) in [5, 5.41) is 0. The van der Waals surface area contributed by atoms with E-state index in [1.165, 1.54) is 55.7 Å². The molecule has 0 atom stereocenters. The SMILES string of the molecule is C=Cc1ccccc1/C(=C1/C=CC=CC1)c1ccc(-c2ccc(C)c(-c3ccccc3C)c2)cc1. The molecule has 170 valence electrons. The van der Waals surface area contributed by atoms with Crippen molar-refractivity contribution in [1.82, 2.24) is 0 Å². The molecule has 4 aromatic carbocycles. The number of hydrogen-bond acceptors (Lipinski definition) is 0. The van der Waals surface area contributed by atoms with E-state index in [2.05, 4.69) is 136 Å². The Morgan fingerprint density at radius 2 is 1.43 bits per heavy atom. The minimum Gasteiger partial charge on any atom is -0.0984 e. The fourth-order valence-corrected chi connectivity index (χ4v) is 4.91. The molecule has 0 aromatic heterocycles. The molecule has 0 bridgehead atoms. The first-order valence-corrected chi connectivity index (χ1v) is 12.2. The van der Waals surface area contributed by atoms with E-state index in [1.807, 2.05) is 6.08 Å². The van der Waals surface area contributed by atoms with E-state index in [0.717, 1.165) is 12.0 Å². The lowest BCUT2D eigenvalue weighted by molar-refractivity contribution is 1.26. The zero-order chi connectivity index (χ0) is 24.2. The van der Waals surface area contributed by atoms with E-state index in [4.69, 9.17) is 0 Å². The van der Waals surface area contributed by atoms with Crippen molar-refractivity contribution in [1.29, 1.82) is 0 Å². The van der Waals surface area contributed by atoms with Crippen LogP contribution < -0.4 is 0 Å². The van der Waals surface area contributed by atoms with Gasteiger partial charge in [0.2, 0.25) is 0 Å². The van der Waals surface area contributed by atoms with Crippen LogP contribution in [0.3, 0.4) is 0 Å². The predicted molar refractivity (Wildman–Crippen MR) is 152 cm³/mol. The van der Waals surface area contributed by atoms with Gasteiger partial charge in [-0.1, -0.05) is 122 Å². The molecule has 5 rings (SSSR count). The highest BCUT2D eigenvalue weighted by atomic mass is 14.2. The second-order valence-electron chi connectivity index (χ2n) is 9.10. The molecule has 35 heavy (non-hydrogen) atoms. The summed E-state index contributed by atoms with van der Waals surface area (Å²) < 4.78 is 0. The van der Waals surface area contributed by atoms with Crippen LogP contribution in [0.5, 0.6) is 0 Å². The zero-order valence-corrected chi connectivity index (χ0v) is 20.5. The second kappa shape index (κ2) is 9.99. The molecular formula is C35H30. The van der Waals surface area contributed by atoms with Crippen LogP contribution >= 0.6 is 0 Å². The number of rotatable bonds is 5. The summed E-state index contributed by atoms with van der Waals surface area (Å²) in [5.41, 5.74) is 13.9. The highest BCUT2D eigenvalue weighted by Gasteiger charge is 2.14. The fraction of sp³-hybridized carbons (Fsp3) is 0.0857. The molecule has 1 aliphatic rings. The van der Waals surface area contributed by atoms with Crippen molar-refractivity contribution in [2.45, 2.75) is 20.3 Å². The Labute approximate surface area is 209 Å². The first kappa shape index (κ1) is 22.6. The zero-order valence-electron chi connectivity index (χ0n) is 20.5. The van der Waals surface area contributed by atoms with Crippen LogP contribution in [0.15, 0.2) is 127 Å². The quantitative estimate of drug-likeness (QED) is 0.284. The molecule has 0 fully saturated rings. The minimum atomic E-state index is 0.927. The van der Waals surface area contributed by atoms with Gasteiger partial charge < -0.3 is 0 Å². The molecule has 0 aliphatic heterocycles. The van der Waals surface area contributed by atoms with Crippen LogP contribution in [0.25, 0.3) is 33.9 Å². The Hall–Kier alpha value is -4.16. The molecule has 0 N–H and O–H groups in total. The Morgan fingerprint density at radius 1 is 0.714 bits per heavy atom. The van der Waals surface area contributed by atoms with E-state index in [-0.39, 0.29) is 0 Å². The maximum absolute atomic E-state index is 4.06. The first-order chi connectivity index (χ1) is 17.2. The van der Waals surface area contributed by atoms with Gasteiger partial charge in [-0.2, -0.15) is 0 Å². The van der Waals surface area contributed by atoms with E-state index in [1.54, 1.807) is 0 Å². The monoisotopic (exact) mass is 450 g/mol. The Morgan fingerprint density at radius 3 is 2.17 bits per heavy atom. The maximum atomic E-state index is 4.06. The number of allylic oxidation sites excluding steroid dienone is 5. The summed E-state index contributed by atoms with van der Waals surface area (Å²) in [5.74, 6) is 0.